The van der Waals surface area contributed by atoms with Crippen molar-refractivity contribution < 1.29 is 18.7 Å². The van der Waals surface area contributed by atoms with Crippen molar-refractivity contribution in [1.82, 2.24) is 10.2 Å². The monoisotopic (exact) mass is 372 g/mol. The smallest absolute Gasteiger partial charge is 0.339 e. The zero-order valence-electron chi connectivity index (χ0n) is 16.0. The molecule has 1 fully saturated rings. The molecule has 0 radical (unpaired) electrons. The lowest BCUT2D eigenvalue weighted by Crippen LogP contribution is -2.49. The molecule has 1 N–H and O–H groups in total. The van der Waals surface area contributed by atoms with Gasteiger partial charge in [0, 0.05) is 31.6 Å². The van der Waals surface area contributed by atoms with Crippen LogP contribution in [0.15, 0.2) is 21.3 Å². The summed E-state index contributed by atoms with van der Waals surface area (Å²) in [5, 5.41) is 3.61. The number of ether oxygens (including phenoxy) is 1. The summed E-state index contributed by atoms with van der Waals surface area (Å²) in [5.41, 5.74) is 2.26. The van der Waals surface area contributed by atoms with Crippen molar-refractivity contribution >= 4 is 22.8 Å². The maximum atomic E-state index is 12.3. The highest BCUT2D eigenvalue weighted by atomic mass is 16.5. The molecular formula is C20H24N2O5. The van der Waals surface area contributed by atoms with E-state index in [-0.39, 0.29) is 30.1 Å². The Hall–Kier alpha value is -2.83. The number of nitrogens with one attached hydrogen (secondary N) is 1. The predicted molar refractivity (Wildman–Crippen MR) is 101 cm³/mol. The summed E-state index contributed by atoms with van der Waals surface area (Å²) in [5.74, 6) is 0.361. The Bertz CT molecular complexity index is 963. The van der Waals surface area contributed by atoms with Gasteiger partial charge in [0.25, 0.3) is 5.91 Å². The van der Waals surface area contributed by atoms with Crippen LogP contribution in [0.1, 0.15) is 29.5 Å². The fourth-order valence-electron chi connectivity index (χ4n) is 3.34. The molecule has 1 atom stereocenters. The quantitative estimate of drug-likeness (QED) is 0.827. The minimum atomic E-state index is -0.370. The first-order valence-corrected chi connectivity index (χ1v) is 8.97. The summed E-state index contributed by atoms with van der Waals surface area (Å²) in [6.07, 6.45) is 1.06. The first-order valence-electron chi connectivity index (χ1n) is 8.97. The number of carbonyl (C=O) groups is 2. The van der Waals surface area contributed by atoms with Crippen LogP contribution in [0.5, 0.6) is 5.75 Å². The van der Waals surface area contributed by atoms with Crippen LogP contribution in [0.4, 0.5) is 0 Å². The van der Waals surface area contributed by atoms with Gasteiger partial charge in [0.15, 0.2) is 6.61 Å². The molecule has 1 aromatic heterocycles. The van der Waals surface area contributed by atoms with Crippen LogP contribution in [0.2, 0.25) is 0 Å². The van der Waals surface area contributed by atoms with E-state index in [0.717, 1.165) is 11.1 Å². The van der Waals surface area contributed by atoms with E-state index < -0.39 is 0 Å². The maximum absolute atomic E-state index is 12.3. The molecule has 0 aliphatic carbocycles. The Balaban J connectivity index is 1.75. The number of amides is 2. The number of hydrogen-bond acceptors (Lipinski definition) is 5. The van der Waals surface area contributed by atoms with Gasteiger partial charge in [-0.3, -0.25) is 9.59 Å². The lowest BCUT2D eigenvalue weighted by atomic mass is 10.0. The Morgan fingerprint density at radius 1 is 1.26 bits per heavy atom. The van der Waals surface area contributed by atoms with Crippen molar-refractivity contribution in [2.45, 2.75) is 39.7 Å². The Labute approximate surface area is 157 Å². The number of piperidine rings is 1. The molecule has 1 aromatic carbocycles. The summed E-state index contributed by atoms with van der Waals surface area (Å²) >= 11 is 0. The number of carbonyl (C=O) groups excluding carboxylic acids is 2. The minimum absolute atomic E-state index is 0.0694. The average molecular weight is 372 g/mol. The normalized spacial score (nSPS) is 17.3. The molecule has 1 unspecified atom stereocenters. The molecule has 7 nitrogen and oxygen atoms in total. The Morgan fingerprint density at radius 3 is 2.70 bits per heavy atom. The molecule has 1 saturated heterocycles. The van der Waals surface area contributed by atoms with Crippen molar-refractivity contribution in [2.24, 2.45) is 0 Å². The molecule has 144 valence electrons. The van der Waals surface area contributed by atoms with E-state index in [1.54, 1.807) is 24.9 Å². The van der Waals surface area contributed by atoms with Gasteiger partial charge in [0.1, 0.15) is 11.3 Å². The summed E-state index contributed by atoms with van der Waals surface area (Å²) in [6.45, 7) is 5.77. The van der Waals surface area contributed by atoms with E-state index in [1.165, 1.54) is 0 Å². The third kappa shape index (κ3) is 3.97. The van der Waals surface area contributed by atoms with Gasteiger partial charge in [-0.25, -0.2) is 4.79 Å². The number of benzene rings is 1. The number of fused-ring (bicyclic) bond motifs is 1. The van der Waals surface area contributed by atoms with Gasteiger partial charge < -0.3 is 19.4 Å². The van der Waals surface area contributed by atoms with E-state index in [9.17, 15) is 14.4 Å². The fourth-order valence-corrected chi connectivity index (χ4v) is 3.34. The van der Waals surface area contributed by atoms with Crippen molar-refractivity contribution in [3.63, 3.8) is 0 Å². The van der Waals surface area contributed by atoms with Crippen LogP contribution < -0.4 is 15.7 Å². The van der Waals surface area contributed by atoms with Gasteiger partial charge in [0.2, 0.25) is 5.91 Å². The van der Waals surface area contributed by atoms with Gasteiger partial charge in [-0.1, -0.05) is 0 Å². The third-order valence-electron chi connectivity index (χ3n) is 5.01. The van der Waals surface area contributed by atoms with Gasteiger partial charge in [-0.05, 0) is 50.5 Å². The number of nitrogens with zero attached hydrogens (tertiary/aromatic N) is 1. The number of rotatable bonds is 4. The zero-order valence-corrected chi connectivity index (χ0v) is 16.0. The van der Waals surface area contributed by atoms with Crippen molar-refractivity contribution in [1.29, 1.82) is 0 Å². The second kappa shape index (κ2) is 7.42. The molecule has 3 rings (SSSR count). The maximum Gasteiger partial charge on any atom is 0.339 e. The highest BCUT2D eigenvalue weighted by Crippen LogP contribution is 2.30. The van der Waals surface area contributed by atoms with Gasteiger partial charge in [0.05, 0.1) is 5.39 Å². The second-order valence-corrected chi connectivity index (χ2v) is 7.14. The van der Waals surface area contributed by atoms with E-state index in [2.05, 4.69) is 5.32 Å². The molecule has 1 aliphatic heterocycles. The average Bonchev–Trinajstić information content (AvgIpc) is 2.60. The van der Waals surface area contributed by atoms with E-state index >= 15 is 0 Å². The topological polar surface area (TPSA) is 88.9 Å². The zero-order chi connectivity index (χ0) is 19.7. The van der Waals surface area contributed by atoms with Crippen LogP contribution >= 0.6 is 0 Å². The molecule has 0 bridgehead atoms. The number of likely N-dealkylation sites (N-methyl/N-ethyl adjacent to an activating group) is 1. The molecule has 27 heavy (non-hydrogen) atoms. The molecule has 0 spiro atoms. The van der Waals surface area contributed by atoms with Crippen LogP contribution in [-0.2, 0) is 9.59 Å². The molecule has 2 amide bonds. The lowest BCUT2D eigenvalue weighted by molar-refractivity contribution is -0.134. The number of hydrogen-bond donors (Lipinski definition) is 1. The predicted octanol–water partition coefficient (Wildman–Crippen LogP) is 1.83. The van der Waals surface area contributed by atoms with Gasteiger partial charge in [-0.15, -0.1) is 0 Å². The van der Waals surface area contributed by atoms with Gasteiger partial charge >= 0.3 is 5.63 Å². The summed E-state index contributed by atoms with van der Waals surface area (Å²) in [4.78, 5) is 37.4. The Kier molecular flexibility index (Phi) is 5.21. The summed E-state index contributed by atoms with van der Waals surface area (Å²) in [6, 6.07) is 3.54. The largest absolute Gasteiger partial charge is 0.483 e. The minimum Gasteiger partial charge on any atom is -0.483 e. The summed E-state index contributed by atoms with van der Waals surface area (Å²) in [7, 11) is 1.73. The van der Waals surface area contributed by atoms with E-state index in [1.807, 2.05) is 19.9 Å². The molecule has 2 heterocycles. The fraction of sp³-hybridized carbons (Fsp3) is 0.450. The van der Waals surface area contributed by atoms with E-state index in [4.69, 9.17) is 9.15 Å². The van der Waals surface area contributed by atoms with Crippen LogP contribution in [0, 0.1) is 20.8 Å². The molecule has 7 heteroatoms. The third-order valence-corrected chi connectivity index (χ3v) is 5.01. The first kappa shape index (κ1) is 18.9. The SMILES string of the molecule is Cc1cc(OCC(=O)NC2CCC(=O)N(C)C2)c2c(C)c(C)c(=O)oc2c1. The van der Waals surface area contributed by atoms with Crippen molar-refractivity contribution in [3.8, 4) is 5.75 Å². The first-order chi connectivity index (χ1) is 12.8. The van der Waals surface area contributed by atoms with E-state index in [0.29, 0.717) is 41.7 Å². The molecule has 0 saturated carbocycles. The van der Waals surface area contributed by atoms with Crippen LogP contribution in [0.25, 0.3) is 11.0 Å². The Morgan fingerprint density at radius 2 is 2.00 bits per heavy atom. The number of likely N-dealkylation sites (tertiary alicyclic amines) is 1. The van der Waals surface area contributed by atoms with Crippen molar-refractivity contribution in [2.75, 3.05) is 20.2 Å². The van der Waals surface area contributed by atoms with Crippen molar-refractivity contribution in [3.05, 3.63) is 39.2 Å². The number of aryl methyl sites for hydroxylation is 2. The second-order valence-electron chi connectivity index (χ2n) is 7.14. The van der Waals surface area contributed by atoms with Gasteiger partial charge in [-0.2, -0.15) is 0 Å². The molecular weight excluding hydrogens is 348 g/mol. The highest BCUT2D eigenvalue weighted by Gasteiger charge is 2.24. The van der Waals surface area contributed by atoms with Crippen LogP contribution in [-0.4, -0.2) is 43.0 Å². The lowest BCUT2D eigenvalue weighted by Gasteiger charge is -2.30. The highest BCUT2D eigenvalue weighted by molar-refractivity contribution is 5.88. The van der Waals surface area contributed by atoms with Crippen LogP contribution in [0.3, 0.4) is 0 Å². The summed E-state index contributed by atoms with van der Waals surface area (Å²) < 4.78 is 11.1. The molecule has 2 aromatic rings. The molecule has 1 aliphatic rings. The standard InChI is InChI=1S/C20H24N2O5/c1-11-7-15(19-12(2)13(3)20(25)27-16(19)8-11)26-10-17(23)21-14-5-6-18(24)22(4)9-14/h7-8,14H,5-6,9-10H2,1-4H3,(H,21,23).